The van der Waals surface area contributed by atoms with Crippen LogP contribution in [0.2, 0.25) is 0 Å². The lowest BCUT2D eigenvalue weighted by atomic mass is 9.43. The Morgan fingerprint density at radius 1 is 1.08 bits per heavy atom. The number of fused-ring (bicyclic) bond motifs is 6. The van der Waals surface area contributed by atoms with Crippen molar-refractivity contribution in [1.82, 2.24) is 4.98 Å². The number of pyridine rings is 1. The van der Waals surface area contributed by atoms with Crippen LogP contribution in [-0.4, -0.2) is 4.98 Å². The third-order valence-corrected chi connectivity index (χ3v) is 14.3. The molecule has 11 unspecified atom stereocenters. The molecule has 202 valence electrons. The van der Waals surface area contributed by atoms with Crippen LogP contribution in [0, 0.1) is 74.9 Å². The summed E-state index contributed by atoms with van der Waals surface area (Å²) in [5, 5.41) is 9.27. The van der Waals surface area contributed by atoms with Crippen molar-refractivity contribution in [3.05, 3.63) is 71.6 Å². The van der Waals surface area contributed by atoms with Crippen LogP contribution in [0.1, 0.15) is 84.3 Å². The first kappa shape index (κ1) is 24.4. The molecular weight excluding hydrogens is 472 g/mol. The predicted molar refractivity (Wildman–Crippen MR) is 157 cm³/mol. The number of aromatic nitrogens is 1. The highest BCUT2D eigenvalue weighted by atomic mass is 15.0. The largest absolute Gasteiger partial charge is 0.256 e. The fourth-order valence-corrected chi connectivity index (χ4v) is 12.6. The van der Waals surface area contributed by atoms with Crippen LogP contribution in [0.4, 0.5) is 0 Å². The molecule has 0 aromatic carbocycles. The van der Waals surface area contributed by atoms with Crippen molar-refractivity contribution in [1.29, 1.82) is 5.26 Å². The van der Waals surface area contributed by atoms with E-state index in [9.17, 15) is 5.26 Å². The molecular formula is C37H44N2. The summed E-state index contributed by atoms with van der Waals surface area (Å²) < 4.78 is 0. The van der Waals surface area contributed by atoms with E-state index < -0.39 is 0 Å². The van der Waals surface area contributed by atoms with Crippen molar-refractivity contribution in [2.24, 2.45) is 63.6 Å². The molecule has 0 amide bonds. The summed E-state index contributed by atoms with van der Waals surface area (Å²) >= 11 is 0. The molecule has 39 heavy (non-hydrogen) atoms. The van der Waals surface area contributed by atoms with E-state index in [1.165, 1.54) is 72.8 Å². The second-order valence-electron chi connectivity index (χ2n) is 15.2. The summed E-state index contributed by atoms with van der Waals surface area (Å²) in [6.45, 7) is 16.9. The Balaban J connectivity index is 1.06. The Bertz CT molecular complexity index is 1390. The lowest BCUT2D eigenvalue weighted by molar-refractivity contribution is -0.0854. The lowest BCUT2D eigenvalue weighted by Crippen LogP contribution is -2.54. The highest BCUT2D eigenvalue weighted by molar-refractivity contribution is 5.83. The maximum atomic E-state index is 9.27. The van der Waals surface area contributed by atoms with Gasteiger partial charge in [-0.15, -0.1) is 0 Å². The first-order valence-electron chi connectivity index (χ1n) is 15.8. The average molecular weight is 517 g/mol. The van der Waals surface area contributed by atoms with Crippen LogP contribution in [0.15, 0.2) is 65.9 Å². The topological polar surface area (TPSA) is 36.7 Å². The van der Waals surface area contributed by atoms with Crippen LogP contribution in [0.5, 0.6) is 0 Å². The maximum absolute atomic E-state index is 9.27. The highest BCUT2D eigenvalue weighted by Gasteiger charge is 2.94. The predicted octanol–water partition coefficient (Wildman–Crippen LogP) is 8.95. The molecule has 0 radical (unpaired) electrons. The van der Waals surface area contributed by atoms with E-state index in [-0.39, 0.29) is 5.41 Å². The fourth-order valence-electron chi connectivity index (χ4n) is 12.6. The van der Waals surface area contributed by atoms with Gasteiger partial charge in [-0.3, -0.25) is 4.98 Å². The summed E-state index contributed by atoms with van der Waals surface area (Å²) in [5.41, 5.74) is 9.14. The van der Waals surface area contributed by atoms with Crippen molar-refractivity contribution in [2.45, 2.75) is 78.6 Å². The SMILES string of the molecule is C=C1CC(CC2CCC3C4CC5C6C7C=C(c8ccccn8)C(=C)C(C)(C4CCC23C)C756)CC(C)=C1CC#N. The van der Waals surface area contributed by atoms with Gasteiger partial charge in [-0.1, -0.05) is 50.3 Å². The van der Waals surface area contributed by atoms with Crippen molar-refractivity contribution in [3.8, 4) is 6.07 Å². The van der Waals surface area contributed by atoms with E-state index >= 15 is 0 Å². The molecule has 7 aliphatic carbocycles. The molecule has 0 saturated heterocycles. The van der Waals surface area contributed by atoms with Gasteiger partial charge in [-0.2, -0.15) is 5.26 Å². The van der Waals surface area contributed by atoms with Gasteiger partial charge in [0, 0.05) is 11.6 Å². The molecule has 11 atom stereocenters. The van der Waals surface area contributed by atoms with E-state index in [0.717, 1.165) is 53.5 Å². The normalized spacial score (nSPS) is 48.8. The van der Waals surface area contributed by atoms with Crippen molar-refractivity contribution in [3.63, 3.8) is 0 Å². The van der Waals surface area contributed by atoms with E-state index in [1.807, 2.05) is 12.3 Å². The van der Waals surface area contributed by atoms with Gasteiger partial charge in [-0.05, 0) is 145 Å². The highest BCUT2D eigenvalue weighted by Crippen LogP contribution is 2.98. The monoisotopic (exact) mass is 516 g/mol. The molecule has 0 bridgehead atoms. The molecule has 0 N–H and O–H groups in total. The van der Waals surface area contributed by atoms with Crippen LogP contribution >= 0.6 is 0 Å². The second kappa shape index (κ2) is 7.87. The Morgan fingerprint density at radius 3 is 2.67 bits per heavy atom. The van der Waals surface area contributed by atoms with Crippen molar-refractivity contribution < 1.29 is 0 Å². The first-order chi connectivity index (χ1) is 18.8. The minimum absolute atomic E-state index is 0.247. The van der Waals surface area contributed by atoms with Gasteiger partial charge in [0.25, 0.3) is 0 Å². The molecule has 0 aliphatic heterocycles. The standard InChI is InChI=1S/C37H44N2/c1-21-16-24(17-22(2)26(21)12-14-38)18-25-9-10-29-28-20-32-34-31-19-27(33-8-6-7-15-39-33)23(3)36(5,37(31,32)34)30(28)11-13-35(25,29)4/h6-8,15,19,24-25,28-32,34H,1,3,9-13,16-18,20H2,2,4-5H3. The van der Waals surface area contributed by atoms with Gasteiger partial charge < -0.3 is 0 Å². The third-order valence-electron chi connectivity index (χ3n) is 14.3. The third kappa shape index (κ3) is 2.86. The minimum atomic E-state index is 0.247. The van der Waals surface area contributed by atoms with Crippen LogP contribution < -0.4 is 0 Å². The van der Waals surface area contributed by atoms with Gasteiger partial charge in [0.2, 0.25) is 0 Å². The maximum Gasteiger partial charge on any atom is 0.0701 e. The molecule has 2 nitrogen and oxygen atoms in total. The number of rotatable bonds is 4. The second-order valence-corrected chi connectivity index (χ2v) is 15.2. The number of allylic oxidation sites excluding steroid dienone is 6. The number of hydrogen-bond donors (Lipinski definition) is 0. The molecule has 2 heteroatoms. The van der Waals surface area contributed by atoms with Crippen LogP contribution in [-0.2, 0) is 0 Å². The molecule has 1 spiro atoms. The number of hydrogen-bond acceptors (Lipinski definition) is 2. The molecule has 7 aliphatic rings. The first-order valence-corrected chi connectivity index (χ1v) is 15.8. The van der Waals surface area contributed by atoms with Gasteiger partial charge in [-0.25, -0.2) is 0 Å². The Hall–Kier alpha value is -2.40. The Kier molecular flexibility index (Phi) is 4.92. The van der Waals surface area contributed by atoms with Crippen molar-refractivity contribution >= 4 is 5.57 Å². The lowest BCUT2D eigenvalue weighted by Gasteiger charge is -2.60. The summed E-state index contributed by atoms with van der Waals surface area (Å²) in [7, 11) is 0. The minimum Gasteiger partial charge on any atom is -0.256 e. The van der Waals surface area contributed by atoms with Gasteiger partial charge >= 0.3 is 0 Å². The zero-order valence-electron chi connectivity index (χ0n) is 24.2. The van der Waals surface area contributed by atoms with E-state index in [2.05, 4.69) is 51.6 Å². The zero-order valence-corrected chi connectivity index (χ0v) is 24.2. The molecule has 1 heterocycles. The van der Waals surface area contributed by atoms with Crippen molar-refractivity contribution in [2.75, 3.05) is 0 Å². The summed E-state index contributed by atoms with van der Waals surface area (Å²) in [4.78, 5) is 4.79. The van der Waals surface area contributed by atoms with E-state index in [0.29, 0.717) is 23.2 Å². The molecule has 1 aromatic rings. The van der Waals surface area contributed by atoms with E-state index in [1.54, 1.807) is 0 Å². The van der Waals surface area contributed by atoms with Gasteiger partial charge in [0.05, 0.1) is 18.2 Å². The average Bonchev–Trinajstić information content (AvgIpc) is 3.76. The smallest absolute Gasteiger partial charge is 0.0701 e. The molecule has 8 rings (SSSR count). The molecule has 1 aromatic heterocycles. The number of nitriles is 1. The Morgan fingerprint density at radius 2 is 1.92 bits per heavy atom. The quantitative estimate of drug-likeness (QED) is 0.400. The summed E-state index contributed by atoms with van der Waals surface area (Å²) in [5.74, 6) is 6.73. The van der Waals surface area contributed by atoms with Gasteiger partial charge in [0.15, 0.2) is 0 Å². The van der Waals surface area contributed by atoms with Crippen LogP contribution in [0.3, 0.4) is 0 Å². The molecule has 5 saturated carbocycles. The number of nitrogens with zero attached hydrogens (tertiary/aromatic N) is 2. The zero-order chi connectivity index (χ0) is 26.9. The van der Waals surface area contributed by atoms with E-state index in [4.69, 9.17) is 11.6 Å². The van der Waals surface area contributed by atoms with Crippen LogP contribution in [0.25, 0.3) is 5.57 Å². The molecule has 5 fully saturated rings. The summed E-state index contributed by atoms with van der Waals surface area (Å²) in [6.07, 6.45) is 15.8. The van der Waals surface area contributed by atoms with Gasteiger partial charge in [0.1, 0.15) is 0 Å². The Labute approximate surface area is 235 Å². The summed E-state index contributed by atoms with van der Waals surface area (Å²) in [6, 6.07) is 8.74. The fraction of sp³-hybridized carbons (Fsp3) is 0.622.